The lowest BCUT2D eigenvalue weighted by atomic mass is 10.1. The second-order valence-electron chi connectivity index (χ2n) is 5.88. The molecule has 0 aliphatic heterocycles. The standard InChI is InChI=1S/C18H20N4OS/c1-12-9-13(2)22(20-12)16-7-5-15(6-8-16)18(23)21(4)14(3)17-10-19-11-24-17/h5-11,14H,1-4H3. The maximum absolute atomic E-state index is 12.7. The van der Waals surface area contributed by atoms with E-state index in [0.717, 1.165) is 22.0 Å². The zero-order chi connectivity index (χ0) is 17.3. The SMILES string of the molecule is Cc1cc(C)n(-c2ccc(C(=O)N(C)C(C)c3cncs3)cc2)n1. The van der Waals surface area contributed by atoms with E-state index in [1.165, 1.54) is 0 Å². The van der Waals surface area contributed by atoms with E-state index < -0.39 is 0 Å². The molecule has 0 fully saturated rings. The maximum atomic E-state index is 12.7. The van der Waals surface area contributed by atoms with E-state index in [1.54, 1.807) is 21.7 Å². The highest BCUT2D eigenvalue weighted by atomic mass is 32.1. The monoisotopic (exact) mass is 340 g/mol. The quantitative estimate of drug-likeness (QED) is 0.726. The van der Waals surface area contributed by atoms with Gasteiger partial charge in [-0.05, 0) is 51.1 Å². The Hall–Kier alpha value is -2.47. The van der Waals surface area contributed by atoms with Crippen LogP contribution >= 0.6 is 11.3 Å². The molecule has 0 spiro atoms. The van der Waals surface area contributed by atoms with Crippen LogP contribution in [0.25, 0.3) is 5.69 Å². The lowest BCUT2D eigenvalue weighted by molar-refractivity contribution is 0.0745. The Morgan fingerprint density at radius 1 is 1.25 bits per heavy atom. The van der Waals surface area contributed by atoms with Crippen molar-refractivity contribution < 1.29 is 4.79 Å². The van der Waals surface area contributed by atoms with Crippen molar-refractivity contribution in [3.8, 4) is 5.69 Å². The third-order valence-electron chi connectivity index (χ3n) is 4.13. The summed E-state index contributed by atoms with van der Waals surface area (Å²) in [7, 11) is 1.82. The molecule has 0 saturated carbocycles. The van der Waals surface area contributed by atoms with Crippen LogP contribution in [0.5, 0.6) is 0 Å². The Balaban J connectivity index is 1.80. The summed E-state index contributed by atoms with van der Waals surface area (Å²) in [6, 6.07) is 9.59. The molecule has 24 heavy (non-hydrogen) atoms. The van der Waals surface area contributed by atoms with Gasteiger partial charge in [-0.2, -0.15) is 5.10 Å². The van der Waals surface area contributed by atoms with Crippen LogP contribution in [0.2, 0.25) is 0 Å². The minimum Gasteiger partial charge on any atom is -0.334 e. The Labute approximate surface area is 145 Å². The van der Waals surface area contributed by atoms with Gasteiger partial charge in [0.05, 0.1) is 22.9 Å². The van der Waals surface area contributed by atoms with Crippen LogP contribution in [0.4, 0.5) is 0 Å². The van der Waals surface area contributed by atoms with Crippen molar-refractivity contribution in [1.82, 2.24) is 19.7 Å². The summed E-state index contributed by atoms with van der Waals surface area (Å²) in [4.78, 5) is 19.6. The summed E-state index contributed by atoms with van der Waals surface area (Å²) < 4.78 is 1.88. The molecule has 1 amide bonds. The first kappa shape index (κ1) is 16.4. The average Bonchev–Trinajstić information content (AvgIpc) is 3.22. The van der Waals surface area contributed by atoms with Crippen molar-refractivity contribution in [2.75, 3.05) is 7.05 Å². The number of aryl methyl sites for hydroxylation is 2. The molecule has 3 aromatic rings. The highest BCUT2D eigenvalue weighted by Gasteiger charge is 2.20. The number of benzene rings is 1. The van der Waals surface area contributed by atoms with E-state index in [9.17, 15) is 4.79 Å². The minimum absolute atomic E-state index is 0.000635. The van der Waals surface area contributed by atoms with Crippen molar-refractivity contribution >= 4 is 17.2 Å². The number of carbonyl (C=O) groups excluding carboxylic acids is 1. The molecule has 0 bridgehead atoms. The van der Waals surface area contributed by atoms with Crippen molar-refractivity contribution in [3.63, 3.8) is 0 Å². The first-order chi connectivity index (χ1) is 11.5. The molecule has 0 aliphatic rings. The number of thiazole rings is 1. The third-order valence-corrected chi connectivity index (χ3v) is 5.08. The molecule has 6 heteroatoms. The van der Waals surface area contributed by atoms with Crippen LogP contribution in [0, 0.1) is 13.8 Å². The molecule has 5 nitrogen and oxygen atoms in total. The Kier molecular flexibility index (Phi) is 4.49. The molecule has 124 valence electrons. The summed E-state index contributed by atoms with van der Waals surface area (Å²) in [5.41, 5.74) is 5.45. The molecule has 0 N–H and O–H groups in total. The maximum Gasteiger partial charge on any atom is 0.254 e. The van der Waals surface area contributed by atoms with Gasteiger partial charge in [-0.15, -0.1) is 11.3 Å². The fourth-order valence-corrected chi connectivity index (χ4v) is 3.36. The number of amides is 1. The van der Waals surface area contributed by atoms with Crippen LogP contribution in [0.15, 0.2) is 42.0 Å². The number of nitrogens with zero attached hydrogens (tertiary/aromatic N) is 4. The summed E-state index contributed by atoms with van der Waals surface area (Å²) in [5, 5.41) is 4.47. The van der Waals surface area contributed by atoms with Crippen molar-refractivity contribution in [3.05, 3.63) is 63.9 Å². The molecule has 0 aliphatic carbocycles. The molecule has 2 heterocycles. The highest BCUT2D eigenvalue weighted by Crippen LogP contribution is 2.24. The Morgan fingerprint density at radius 2 is 1.96 bits per heavy atom. The Bertz CT molecular complexity index is 837. The molecule has 2 aromatic heterocycles. The zero-order valence-electron chi connectivity index (χ0n) is 14.2. The van der Waals surface area contributed by atoms with E-state index in [4.69, 9.17) is 0 Å². The predicted octanol–water partition coefficient (Wildman–Crippen LogP) is 3.78. The highest BCUT2D eigenvalue weighted by molar-refractivity contribution is 7.09. The third kappa shape index (κ3) is 3.10. The number of rotatable bonds is 4. The topological polar surface area (TPSA) is 51.0 Å². The van der Waals surface area contributed by atoms with E-state index in [2.05, 4.69) is 10.1 Å². The van der Waals surface area contributed by atoms with Crippen LogP contribution in [0.3, 0.4) is 0 Å². The lowest BCUT2D eigenvalue weighted by Crippen LogP contribution is -2.29. The fourth-order valence-electron chi connectivity index (χ4n) is 2.64. The average molecular weight is 340 g/mol. The summed E-state index contributed by atoms with van der Waals surface area (Å²) in [6.07, 6.45) is 1.81. The van der Waals surface area contributed by atoms with Gasteiger partial charge in [0.15, 0.2) is 0 Å². The fraction of sp³-hybridized carbons (Fsp3) is 0.278. The van der Waals surface area contributed by atoms with E-state index >= 15 is 0 Å². The number of carbonyl (C=O) groups is 1. The first-order valence-electron chi connectivity index (χ1n) is 7.76. The second kappa shape index (κ2) is 6.57. The Morgan fingerprint density at radius 3 is 2.50 bits per heavy atom. The predicted molar refractivity (Wildman–Crippen MR) is 95.7 cm³/mol. The van der Waals surface area contributed by atoms with E-state index in [0.29, 0.717) is 5.56 Å². The van der Waals surface area contributed by atoms with Crippen LogP contribution in [-0.2, 0) is 0 Å². The van der Waals surface area contributed by atoms with Gasteiger partial charge < -0.3 is 4.90 Å². The molecular formula is C18H20N4OS. The lowest BCUT2D eigenvalue weighted by Gasteiger charge is -2.24. The molecule has 1 unspecified atom stereocenters. The van der Waals surface area contributed by atoms with Crippen LogP contribution in [-0.4, -0.2) is 32.6 Å². The van der Waals surface area contributed by atoms with Gasteiger partial charge in [0, 0.05) is 29.4 Å². The molecule has 0 radical (unpaired) electrons. The summed E-state index contributed by atoms with van der Waals surface area (Å²) in [5.74, 6) is -0.00387. The molecule has 1 aromatic carbocycles. The molecule has 3 rings (SSSR count). The summed E-state index contributed by atoms with van der Waals surface area (Å²) in [6.45, 7) is 6.00. The number of hydrogen-bond donors (Lipinski definition) is 0. The number of aromatic nitrogens is 3. The van der Waals surface area contributed by atoms with Gasteiger partial charge in [0.25, 0.3) is 5.91 Å². The molecule has 1 atom stereocenters. The van der Waals surface area contributed by atoms with E-state index in [-0.39, 0.29) is 11.9 Å². The van der Waals surface area contributed by atoms with Crippen molar-refractivity contribution in [2.45, 2.75) is 26.8 Å². The van der Waals surface area contributed by atoms with Gasteiger partial charge in [0.2, 0.25) is 0 Å². The zero-order valence-corrected chi connectivity index (χ0v) is 15.0. The smallest absolute Gasteiger partial charge is 0.254 e. The van der Waals surface area contributed by atoms with Crippen LogP contribution in [0.1, 0.15) is 39.6 Å². The van der Waals surface area contributed by atoms with Crippen LogP contribution < -0.4 is 0 Å². The van der Waals surface area contributed by atoms with Gasteiger partial charge in [-0.3, -0.25) is 9.78 Å². The second-order valence-corrected chi connectivity index (χ2v) is 6.80. The normalized spacial score (nSPS) is 12.2. The van der Waals surface area contributed by atoms with E-state index in [1.807, 2.05) is 69.0 Å². The molecule has 0 saturated heterocycles. The van der Waals surface area contributed by atoms with Gasteiger partial charge >= 0.3 is 0 Å². The van der Waals surface area contributed by atoms with Gasteiger partial charge in [-0.25, -0.2) is 4.68 Å². The van der Waals surface area contributed by atoms with Gasteiger partial charge in [0.1, 0.15) is 0 Å². The number of hydrogen-bond acceptors (Lipinski definition) is 4. The van der Waals surface area contributed by atoms with Crippen molar-refractivity contribution in [1.29, 1.82) is 0 Å². The first-order valence-corrected chi connectivity index (χ1v) is 8.64. The largest absolute Gasteiger partial charge is 0.334 e. The summed E-state index contributed by atoms with van der Waals surface area (Å²) >= 11 is 1.56. The minimum atomic E-state index is -0.00387. The van der Waals surface area contributed by atoms with Crippen molar-refractivity contribution in [2.24, 2.45) is 0 Å². The molecular weight excluding hydrogens is 320 g/mol. The van der Waals surface area contributed by atoms with Gasteiger partial charge in [-0.1, -0.05) is 0 Å².